The van der Waals surface area contributed by atoms with Crippen LogP contribution in [0.25, 0.3) is 0 Å². The van der Waals surface area contributed by atoms with Crippen LogP contribution in [0.1, 0.15) is 31.1 Å². The minimum atomic E-state index is 0.302. The summed E-state index contributed by atoms with van der Waals surface area (Å²) in [5.41, 5.74) is 2.15. The van der Waals surface area contributed by atoms with Crippen LogP contribution in [0.3, 0.4) is 0 Å². The van der Waals surface area contributed by atoms with Crippen LogP contribution >= 0.6 is 0 Å². The molecule has 5 nitrogen and oxygen atoms in total. The second kappa shape index (κ2) is 8.44. The van der Waals surface area contributed by atoms with Gasteiger partial charge < -0.3 is 10.1 Å². The lowest BCUT2D eigenvalue weighted by atomic mass is 10.1. The van der Waals surface area contributed by atoms with Crippen molar-refractivity contribution in [3.05, 3.63) is 78.4 Å². The van der Waals surface area contributed by atoms with Crippen LogP contribution < -0.4 is 10.1 Å². The van der Waals surface area contributed by atoms with Crippen molar-refractivity contribution in [3.8, 4) is 5.75 Å². The quantitative estimate of drug-likeness (QED) is 0.683. The van der Waals surface area contributed by atoms with Gasteiger partial charge in [0.25, 0.3) is 0 Å². The highest BCUT2D eigenvalue weighted by Crippen LogP contribution is 2.15. The third-order valence-corrected chi connectivity index (χ3v) is 4.33. The summed E-state index contributed by atoms with van der Waals surface area (Å²) in [6.45, 7) is 5.64. The van der Waals surface area contributed by atoms with Crippen molar-refractivity contribution in [1.29, 1.82) is 0 Å². The van der Waals surface area contributed by atoms with E-state index in [9.17, 15) is 0 Å². The van der Waals surface area contributed by atoms with Gasteiger partial charge in [-0.15, -0.1) is 0 Å². The van der Waals surface area contributed by atoms with Crippen molar-refractivity contribution >= 4 is 0 Å². The summed E-state index contributed by atoms with van der Waals surface area (Å²) in [6, 6.07) is 16.6. The van der Waals surface area contributed by atoms with Crippen LogP contribution in [-0.2, 0) is 13.2 Å². The molecule has 0 unspecified atom stereocenters. The molecule has 0 saturated carbocycles. The lowest BCUT2D eigenvalue weighted by molar-refractivity contribution is 0.301. The first-order chi connectivity index (χ1) is 12.2. The van der Waals surface area contributed by atoms with Crippen LogP contribution in [0, 0.1) is 0 Å². The molecule has 2 aromatic heterocycles. The zero-order chi connectivity index (χ0) is 17.5. The molecule has 25 heavy (non-hydrogen) atoms. The van der Waals surface area contributed by atoms with E-state index >= 15 is 0 Å². The molecule has 0 spiro atoms. The third-order valence-electron chi connectivity index (χ3n) is 4.33. The average Bonchev–Trinajstić information content (AvgIpc) is 3.20. The van der Waals surface area contributed by atoms with E-state index in [2.05, 4.69) is 41.4 Å². The molecular formula is C20H24N4O. The lowest BCUT2D eigenvalue weighted by Gasteiger charge is -2.22. The van der Waals surface area contributed by atoms with E-state index in [0.29, 0.717) is 18.7 Å². The highest BCUT2D eigenvalue weighted by Gasteiger charge is 2.13. The fourth-order valence-corrected chi connectivity index (χ4v) is 2.54. The lowest BCUT2D eigenvalue weighted by Crippen LogP contribution is -2.33. The van der Waals surface area contributed by atoms with Crippen molar-refractivity contribution in [3.63, 3.8) is 0 Å². The van der Waals surface area contributed by atoms with Gasteiger partial charge in [-0.1, -0.05) is 18.2 Å². The molecule has 0 saturated heterocycles. The Kier molecular flexibility index (Phi) is 5.80. The molecular weight excluding hydrogens is 312 g/mol. The predicted octanol–water partition coefficient (Wildman–Crippen LogP) is 3.60. The second-order valence-corrected chi connectivity index (χ2v) is 6.15. The standard InChI is InChI=1S/C20H24N4O/c1-16(17(2)24-13-5-12-23-24)22-14-18-7-9-20(10-8-18)25-15-19-6-3-4-11-21-19/h3-13,16-17,22H,14-15H2,1-2H3/t16-,17+/m1/s1. The van der Waals surface area contributed by atoms with E-state index < -0.39 is 0 Å². The molecule has 0 radical (unpaired) electrons. The van der Waals surface area contributed by atoms with E-state index in [1.165, 1.54) is 5.56 Å². The van der Waals surface area contributed by atoms with E-state index in [-0.39, 0.29) is 0 Å². The van der Waals surface area contributed by atoms with Crippen LogP contribution in [-0.4, -0.2) is 20.8 Å². The maximum atomic E-state index is 5.77. The monoisotopic (exact) mass is 336 g/mol. The zero-order valence-corrected chi connectivity index (χ0v) is 14.7. The Morgan fingerprint density at radius 3 is 2.56 bits per heavy atom. The second-order valence-electron chi connectivity index (χ2n) is 6.15. The molecule has 1 aromatic carbocycles. The van der Waals surface area contributed by atoms with Crippen molar-refractivity contribution in [2.75, 3.05) is 0 Å². The number of hydrogen-bond acceptors (Lipinski definition) is 4. The molecule has 2 heterocycles. The van der Waals surface area contributed by atoms with E-state index in [1.54, 1.807) is 6.20 Å². The molecule has 0 aliphatic carbocycles. The first-order valence-electron chi connectivity index (χ1n) is 8.56. The van der Waals surface area contributed by atoms with Crippen molar-refractivity contribution in [1.82, 2.24) is 20.1 Å². The first kappa shape index (κ1) is 17.2. The summed E-state index contributed by atoms with van der Waals surface area (Å²) in [5, 5.41) is 7.86. The minimum Gasteiger partial charge on any atom is -0.487 e. The molecule has 130 valence electrons. The Balaban J connectivity index is 1.47. The van der Waals surface area contributed by atoms with Crippen molar-refractivity contribution in [2.45, 2.75) is 39.1 Å². The number of benzene rings is 1. The molecule has 3 aromatic rings. The molecule has 1 N–H and O–H groups in total. The van der Waals surface area contributed by atoms with Gasteiger partial charge in [0.2, 0.25) is 0 Å². The van der Waals surface area contributed by atoms with Gasteiger partial charge in [-0.3, -0.25) is 9.67 Å². The molecule has 0 fully saturated rings. The number of nitrogens with one attached hydrogen (secondary N) is 1. The largest absolute Gasteiger partial charge is 0.487 e. The van der Waals surface area contributed by atoms with E-state index in [1.807, 2.05) is 53.5 Å². The average molecular weight is 336 g/mol. The van der Waals surface area contributed by atoms with Gasteiger partial charge >= 0.3 is 0 Å². The van der Waals surface area contributed by atoms with Gasteiger partial charge in [0.1, 0.15) is 12.4 Å². The molecule has 3 rings (SSSR count). The number of hydrogen-bond donors (Lipinski definition) is 1. The zero-order valence-electron chi connectivity index (χ0n) is 14.7. The Morgan fingerprint density at radius 2 is 1.88 bits per heavy atom. The molecule has 0 amide bonds. The highest BCUT2D eigenvalue weighted by atomic mass is 16.5. The summed E-state index contributed by atoms with van der Waals surface area (Å²) < 4.78 is 7.74. The number of rotatable bonds is 8. The molecule has 0 aliphatic rings. The van der Waals surface area contributed by atoms with Gasteiger partial charge in [-0.25, -0.2) is 0 Å². The van der Waals surface area contributed by atoms with Gasteiger partial charge in [0.05, 0.1) is 11.7 Å². The Morgan fingerprint density at radius 1 is 1.04 bits per heavy atom. The summed E-state index contributed by atoms with van der Waals surface area (Å²) >= 11 is 0. The van der Waals surface area contributed by atoms with Crippen LogP contribution in [0.4, 0.5) is 0 Å². The number of nitrogens with zero attached hydrogens (tertiary/aromatic N) is 3. The SMILES string of the molecule is C[C@@H](NCc1ccc(OCc2ccccn2)cc1)[C@H](C)n1cccn1. The van der Waals surface area contributed by atoms with Crippen LogP contribution in [0.15, 0.2) is 67.1 Å². The van der Waals surface area contributed by atoms with Gasteiger partial charge in [0, 0.05) is 31.2 Å². The predicted molar refractivity (Wildman–Crippen MR) is 98.3 cm³/mol. The smallest absolute Gasteiger partial charge is 0.130 e. The van der Waals surface area contributed by atoms with Gasteiger partial charge in [-0.05, 0) is 49.7 Å². The Hall–Kier alpha value is -2.66. The van der Waals surface area contributed by atoms with Gasteiger partial charge in [-0.2, -0.15) is 5.10 Å². The summed E-state index contributed by atoms with van der Waals surface area (Å²) in [5.74, 6) is 0.854. The normalized spacial score (nSPS) is 13.4. The van der Waals surface area contributed by atoms with Crippen LogP contribution in [0.5, 0.6) is 5.75 Å². The molecule has 0 aliphatic heterocycles. The van der Waals surface area contributed by atoms with Gasteiger partial charge in [0.15, 0.2) is 0 Å². The molecule has 0 bridgehead atoms. The number of aromatic nitrogens is 3. The minimum absolute atomic E-state index is 0.302. The Labute approximate surface area is 148 Å². The maximum Gasteiger partial charge on any atom is 0.130 e. The maximum absolute atomic E-state index is 5.77. The fourth-order valence-electron chi connectivity index (χ4n) is 2.54. The molecule has 5 heteroatoms. The fraction of sp³-hybridized carbons (Fsp3) is 0.300. The van der Waals surface area contributed by atoms with Crippen molar-refractivity contribution < 1.29 is 4.74 Å². The van der Waals surface area contributed by atoms with Crippen LogP contribution in [0.2, 0.25) is 0 Å². The van der Waals surface area contributed by atoms with Crippen molar-refractivity contribution in [2.24, 2.45) is 0 Å². The third kappa shape index (κ3) is 4.90. The van der Waals surface area contributed by atoms with E-state index in [0.717, 1.165) is 18.0 Å². The van der Waals surface area contributed by atoms with E-state index in [4.69, 9.17) is 4.74 Å². The number of ether oxygens (including phenoxy) is 1. The summed E-state index contributed by atoms with van der Waals surface area (Å²) in [4.78, 5) is 4.26. The first-order valence-corrected chi connectivity index (χ1v) is 8.56. The molecule has 2 atom stereocenters. The number of pyridine rings is 1. The topological polar surface area (TPSA) is 52.0 Å². The Bertz CT molecular complexity index is 741. The summed E-state index contributed by atoms with van der Waals surface area (Å²) in [7, 11) is 0. The highest BCUT2D eigenvalue weighted by molar-refractivity contribution is 5.27. The summed E-state index contributed by atoms with van der Waals surface area (Å²) in [6.07, 6.45) is 5.59.